The number of hydrogen-bond acceptors (Lipinski definition) is 5. The monoisotopic (exact) mass is 427 g/mol. The van der Waals surface area contributed by atoms with Gasteiger partial charge in [-0.15, -0.1) is 5.10 Å². The van der Waals surface area contributed by atoms with Gasteiger partial charge in [0.05, 0.1) is 19.3 Å². The van der Waals surface area contributed by atoms with Crippen molar-refractivity contribution in [2.75, 3.05) is 13.7 Å². The zero-order valence-electron chi connectivity index (χ0n) is 18.6. The summed E-state index contributed by atoms with van der Waals surface area (Å²) in [7, 11) is 1.65. The minimum absolute atomic E-state index is 0.0687. The minimum atomic E-state index is -0.184. The number of rotatable bonds is 9. The summed E-state index contributed by atoms with van der Waals surface area (Å²) < 4.78 is 7.15. The van der Waals surface area contributed by atoms with Crippen molar-refractivity contribution in [1.82, 2.24) is 25.6 Å². The van der Waals surface area contributed by atoms with Crippen molar-refractivity contribution in [1.29, 1.82) is 0 Å². The van der Waals surface area contributed by atoms with E-state index in [1.165, 1.54) is 0 Å². The van der Waals surface area contributed by atoms with E-state index < -0.39 is 0 Å². The molecule has 1 aliphatic carbocycles. The van der Waals surface area contributed by atoms with Crippen LogP contribution in [0.4, 0.5) is 0 Å². The molecule has 2 amide bonds. The second-order valence-electron chi connectivity index (χ2n) is 8.57. The Kier molecular flexibility index (Phi) is 8.03. The number of carbonyl (C=O) groups is 2. The molecule has 1 aromatic carbocycles. The lowest BCUT2D eigenvalue weighted by atomic mass is 9.91. The first-order valence-corrected chi connectivity index (χ1v) is 11.1. The van der Waals surface area contributed by atoms with Crippen LogP contribution in [0.5, 0.6) is 5.75 Å². The first-order chi connectivity index (χ1) is 15.0. The molecule has 1 saturated carbocycles. The molecule has 0 aliphatic heterocycles. The van der Waals surface area contributed by atoms with E-state index in [0.29, 0.717) is 31.0 Å². The number of methoxy groups -OCH3 is 1. The van der Waals surface area contributed by atoms with Crippen molar-refractivity contribution in [2.45, 2.75) is 64.5 Å². The summed E-state index contributed by atoms with van der Waals surface area (Å²) in [6, 6.07) is 8.18. The summed E-state index contributed by atoms with van der Waals surface area (Å²) in [6.45, 7) is 4.72. The number of nitrogens with one attached hydrogen (secondary N) is 2. The van der Waals surface area contributed by atoms with E-state index >= 15 is 0 Å². The Bertz CT molecular complexity index is 872. The summed E-state index contributed by atoms with van der Waals surface area (Å²) in [5, 5.41) is 14.2. The van der Waals surface area contributed by atoms with Crippen LogP contribution in [0, 0.1) is 5.92 Å². The van der Waals surface area contributed by atoms with Crippen LogP contribution < -0.4 is 15.4 Å². The fraction of sp³-hybridized carbons (Fsp3) is 0.565. The van der Waals surface area contributed by atoms with Crippen molar-refractivity contribution in [3.05, 3.63) is 41.7 Å². The Hall–Kier alpha value is -2.90. The van der Waals surface area contributed by atoms with Gasteiger partial charge in [-0.05, 0) is 49.7 Å². The van der Waals surface area contributed by atoms with E-state index in [2.05, 4.69) is 20.9 Å². The molecular weight excluding hydrogens is 394 g/mol. The van der Waals surface area contributed by atoms with Crippen LogP contribution in [-0.2, 0) is 11.2 Å². The molecule has 1 heterocycles. The number of ether oxygens (including phenoxy) is 1. The molecule has 8 nitrogen and oxygen atoms in total. The van der Waals surface area contributed by atoms with Crippen molar-refractivity contribution in [3.8, 4) is 5.75 Å². The molecule has 2 aromatic rings. The number of aryl methyl sites for hydroxylation is 1. The van der Waals surface area contributed by atoms with E-state index in [4.69, 9.17) is 4.74 Å². The van der Waals surface area contributed by atoms with Crippen LogP contribution in [-0.4, -0.2) is 46.5 Å². The Morgan fingerprint density at radius 2 is 1.94 bits per heavy atom. The normalized spacial score (nSPS) is 18.6. The number of nitrogens with zero attached hydrogens (tertiary/aromatic N) is 3. The summed E-state index contributed by atoms with van der Waals surface area (Å²) in [6.07, 6.45) is 6.40. The molecule has 1 fully saturated rings. The van der Waals surface area contributed by atoms with E-state index in [0.717, 1.165) is 37.0 Å². The first kappa shape index (κ1) is 22.8. The van der Waals surface area contributed by atoms with E-state index in [1.54, 1.807) is 18.0 Å². The van der Waals surface area contributed by atoms with Crippen LogP contribution in [0.15, 0.2) is 30.5 Å². The van der Waals surface area contributed by atoms with Crippen molar-refractivity contribution in [3.63, 3.8) is 0 Å². The van der Waals surface area contributed by atoms with E-state index in [-0.39, 0.29) is 23.9 Å². The Balaban J connectivity index is 1.42. The number of carbonyl (C=O) groups excluding carboxylic acids is 2. The zero-order valence-corrected chi connectivity index (χ0v) is 18.6. The minimum Gasteiger partial charge on any atom is -0.496 e. The molecule has 0 atom stereocenters. The van der Waals surface area contributed by atoms with Gasteiger partial charge in [-0.25, -0.2) is 4.68 Å². The van der Waals surface area contributed by atoms with Crippen molar-refractivity contribution >= 4 is 11.8 Å². The van der Waals surface area contributed by atoms with Crippen LogP contribution in [0.2, 0.25) is 0 Å². The summed E-state index contributed by atoms with van der Waals surface area (Å²) >= 11 is 0. The number of aromatic nitrogens is 3. The van der Waals surface area contributed by atoms with E-state index in [1.807, 2.05) is 38.1 Å². The highest BCUT2D eigenvalue weighted by Crippen LogP contribution is 2.28. The lowest BCUT2D eigenvalue weighted by Gasteiger charge is -2.29. The van der Waals surface area contributed by atoms with Crippen molar-refractivity contribution in [2.24, 2.45) is 5.92 Å². The fourth-order valence-electron chi connectivity index (χ4n) is 3.89. The van der Waals surface area contributed by atoms with Gasteiger partial charge in [0.15, 0.2) is 5.69 Å². The molecule has 31 heavy (non-hydrogen) atoms. The average molecular weight is 428 g/mol. The van der Waals surface area contributed by atoms with Gasteiger partial charge in [-0.2, -0.15) is 0 Å². The molecule has 0 unspecified atom stereocenters. The standard InChI is InChI=1S/C23H33N5O3/c1-16(2)14-24-23(30)20-15-28(27-26-20)19-11-9-18(10-12-19)25-22(29)13-8-17-6-4-5-7-21(17)31-3/h4-7,15-16,18-19H,8-14H2,1-3H3,(H,24,30)(H,25,29). The Morgan fingerprint density at radius 3 is 2.65 bits per heavy atom. The van der Waals surface area contributed by atoms with Gasteiger partial charge in [-0.1, -0.05) is 37.3 Å². The molecule has 0 bridgehead atoms. The summed E-state index contributed by atoms with van der Waals surface area (Å²) in [4.78, 5) is 24.5. The molecular formula is C23H33N5O3. The average Bonchev–Trinajstić information content (AvgIpc) is 3.27. The third kappa shape index (κ3) is 6.54. The second-order valence-corrected chi connectivity index (χ2v) is 8.57. The molecule has 3 rings (SSSR count). The maximum absolute atomic E-state index is 12.4. The molecule has 2 N–H and O–H groups in total. The molecule has 0 spiro atoms. The molecule has 1 aromatic heterocycles. The van der Waals surface area contributed by atoms with Gasteiger partial charge in [0.2, 0.25) is 5.91 Å². The summed E-state index contributed by atoms with van der Waals surface area (Å²) in [5.74, 6) is 1.09. The Labute approximate surface area is 183 Å². The first-order valence-electron chi connectivity index (χ1n) is 11.1. The maximum atomic E-state index is 12.4. The van der Waals surface area contributed by atoms with Crippen LogP contribution in [0.25, 0.3) is 0 Å². The molecule has 1 aliphatic rings. The van der Waals surface area contributed by atoms with Crippen LogP contribution >= 0.6 is 0 Å². The van der Waals surface area contributed by atoms with Gasteiger partial charge >= 0.3 is 0 Å². The largest absolute Gasteiger partial charge is 0.496 e. The third-order valence-electron chi connectivity index (χ3n) is 5.66. The maximum Gasteiger partial charge on any atom is 0.273 e. The molecule has 0 saturated heterocycles. The molecule has 8 heteroatoms. The number of amides is 2. The van der Waals surface area contributed by atoms with E-state index in [9.17, 15) is 9.59 Å². The smallest absolute Gasteiger partial charge is 0.273 e. The van der Waals surface area contributed by atoms with Gasteiger partial charge < -0.3 is 15.4 Å². The highest BCUT2D eigenvalue weighted by molar-refractivity contribution is 5.91. The quantitative estimate of drug-likeness (QED) is 0.641. The summed E-state index contributed by atoms with van der Waals surface area (Å²) in [5.41, 5.74) is 1.40. The molecule has 0 radical (unpaired) electrons. The number of hydrogen-bond donors (Lipinski definition) is 2. The van der Waals surface area contributed by atoms with Gasteiger partial charge in [0.1, 0.15) is 5.75 Å². The Morgan fingerprint density at radius 1 is 1.19 bits per heavy atom. The topological polar surface area (TPSA) is 98.1 Å². The number of benzene rings is 1. The number of para-hydroxylation sites is 1. The van der Waals surface area contributed by atoms with Gasteiger partial charge in [0, 0.05) is 19.0 Å². The van der Waals surface area contributed by atoms with Gasteiger partial charge in [0.25, 0.3) is 5.91 Å². The SMILES string of the molecule is COc1ccccc1CCC(=O)NC1CCC(n2cc(C(=O)NCC(C)C)nn2)CC1. The second kappa shape index (κ2) is 10.9. The van der Waals surface area contributed by atoms with Crippen LogP contribution in [0.1, 0.15) is 68.0 Å². The highest BCUT2D eigenvalue weighted by atomic mass is 16.5. The fourth-order valence-corrected chi connectivity index (χ4v) is 3.89. The van der Waals surface area contributed by atoms with Crippen molar-refractivity contribution < 1.29 is 14.3 Å². The predicted molar refractivity (Wildman–Crippen MR) is 118 cm³/mol. The lowest BCUT2D eigenvalue weighted by Crippen LogP contribution is -2.38. The highest BCUT2D eigenvalue weighted by Gasteiger charge is 2.25. The van der Waals surface area contributed by atoms with Crippen LogP contribution in [0.3, 0.4) is 0 Å². The van der Waals surface area contributed by atoms with Gasteiger partial charge in [-0.3, -0.25) is 9.59 Å². The third-order valence-corrected chi connectivity index (χ3v) is 5.66. The molecule has 168 valence electrons. The lowest BCUT2D eigenvalue weighted by molar-refractivity contribution is -0.122. The predicted octanol–water partition coefficient (Wildman–Crippen LogP) is 2.91. The zero-order chi connectivity index (χ0) is 22.2.